The number of thioether (sulfide) groups is 1. The van der Waals surface area contributed by atoms with E-state index in [9.17, 15) is 9.90 Å². The van der Waals surface area contributed by atoms with E-state index in [-0.39, 0.29) is 16.8 Å². The van der Waals surface area contributed by atoms with Crippen molar-refractivity contribution < 1.29 is 19.4 Å². The van der Waals surface area contributed by atoms with Crippen molar-refractivity contribution in [2.24, 2.45) is 0 Å². The van der Waals surface area contributed by atoms with Gasteiger partial charge in [0.15, 0.2) is 0 Å². The van der Waals surface area contributed by atoms with E-state index < -0.39 is 5.97 Å². The van der Waals surface area contributed by atoms with Crippen LogP contribution in [0.5, 0.6) is 5.75 Å². The van der Waals surface area contributed by atoms with Gasteiger partial charge in [-0.1, -0.05) is 12.1 Å². The minimum atomic E-state index is -1.08. The molecule has 94 valence electrons. The maximum absolute atomic E-state index is 10.7. The minimum absolute atomic E-state index is 0.0743. The summed E-state index contributed by atoms with van der Waals surface area (Å²) in [6.07, 6.45) is 0. The predicted molar refractivity (Wildman–Crippen MR) is 68.0 cm³/mol. The van der Waals surface area contributed by atoms with E-state index in [1.807, 2.05) is 13.0 Å². The molecule has 2 rings (SSSR count). The lowest BCUT2D eigenvalue weighted by Crippen LogP contribution is -1.92. The molecule has 2 aromatic rings. The van der Waals surface area contributed by atoms with E-state index in [1.54, 1.807) is 24.3 Å². The number of hydrogen-bond acceptors (Lipinski definition) is 4. The molecule has 0 spiro atoms. The molecule has 0 aliphatic rings. The number of carboxylic acid groups (broad SMARTS) is 1. The molecular formula is C13H12O4S. The van der Waals surface area contributed by atoms with Crippen molar-refractivity contribution in [3.63, 3.8) is 0 Å². The average molecular weight is 264 g/mol. The lowest BCUT2D eigenvalue weighted by atomic mass is 10.3. The molecule has 1 heterocycles. The number of hydrogen-bond donors (Lipinski definition) is 2. The van der Waals surface area contributed by atoms with E-state index in [4.69, 9.17) is 9.52 Å². The molecule has 4 nitrogen and oxygen atoms in total. The van der Waals surface area contributed by atoms with E-state index in [1.165, 1.54) is 17.8 Å². The lowest BCUT2D eigenvalue weighted by Gasteiger charge is -2.09. The van der Waals surface area contributed by atoms with E-state index in [2.05, 4.69) is 0 Å². The molecule has 0 fully saturated rings. The summed E-state index contributed by atoms with van der Waals surface area (Å²) in [5.74, 6) is -0.379. The molecule has 0 aliphatic heterocycles. The van der Waals surface area contributed by atoms with Gasteiger partial charge < -0.3 is 14.6 Å². The summed E-state index contributed by atoms with van der Waals surface area (Å²) in [4.78, 5) is 11.4. The number of rotatable bonds is 4. The van der Waals surface area contributed by atoms with Gasteiger partial charge in [0.25, 0.3) is 0 Å². The van der Waals surface area contributed by atoms with Crippen LogP contribution in [0.4, 0.5) is 0 Å². The largest absolute Gasteiger partial charge is 0.507 e. The third-order valence-electron chi connectivity index (χ3n) is 2.41. The number of para-hydroxylation sites is 1. The molecular weight excluding hydrogens is 252 g/mol. The number of benzene rings is 1. The van der Waals surface area contributed by atoms with Crippen LogP contribution in [0.25, 0.3) is 0 Å². The number of aromatic hydroxyl groups is 1. The molecule has 0 bridgehead atoms. The van der Waals surface area contributed by atoms with Gasteiger partial charge in [-0.3, -0.25) is 0 Å². The van der Waals surface area contributed by atoms with Gasteiger partial charge in [-0.25, -0.2) is 4.79 Å². The topological polar surface area (TPSA) is 70.7 Å². The van der Waals surface area contributed by atoms with E-state index in [0.29, 0.717) is 5.76 Å². The van der Waals surface area contributed by atoms with Gasteiger partial charge in [-0.15, -0.1) is 11.8 Å². The zero-order chi connectivity index (χ0) is 13.1. The fourth-order valence-electron chi connectivity index (χ4n) is 1.49. The second kappa shape index (κ2) is 5.18. The van der Waals surface area contributed by atoms with Crippen molar-refractivity contribution >= 4 is 17.7 Å². The molecule has 0 saturated heterocycles. The molecule has 1 atom stereocenters. The minimum Gasteiger partial charge on any atom is -0.507 e. The highest BCUT2D eigenvalue weighted by atomic mass is 32.2. The first-order chi connectivity index (χ1) is 8.58. The van der Waals surface area contributed by atoms with Crippen molar-refractivity contribution in [2.75, 3.05) is 0 Å². The number of carbonyl (C=O) groups is 1. The number of phenolic OH excluding ortho intramolecular Hbond substituents is 1. The summed E-state index contributed by atoms with van der Waals surface area (Å²) in [7, 11) is 0. The quantitative estimate of drug-likeness (QED) is 0.826. The Labute approximate surface area is 108 Å². The fraction of sp³-hybridized carbons (Fsp3) is 0.154. The van der Waals surface area contributed by atoms with Crippen molar-refractivity contribution in [3.05, 3.63) is 47.9 Å². The second-order valence-corrected chi connectivity index (χ2v) is 5.12. The first-order valence-corrected chi connectivity index (χ1v) is 6.23. The average Bonchev–Trinajstić information content (AvgIpc) is 2.81. The number of aromatic carboxylic acids is 1. The first-order valence-electron chi connectivity index (χ1n) is 5.35. The molecule has 0 radical (unpaired) electrons. The Morgan fingerprint density at radius 1 is 1.28 bits per heavy atom. The molecule has 0 aliphatic carbocycles. The zero-order valence-corrected chi connectivity index (χ0v) is 10.5. The Morgan fingerprint density at radius 2 is 2.00 bits per heavy atom. The maximum atomic E-state index is 10.7. The Hall–Kier alpha value is -1.88. The molecule has 1 aromatic carbocycles. The number of furan rings is 1. The van der Waals surface area contributed by atoms with Gasteiger partial charge in [0, 0.05) is 4.90 Å². The third kappa shape index (κ3) is 2.68. The van der Waals surface area contributed by atoms with Crippen LogP contribution < -0.4 is 0 Å². The van der Waals surface area contributed by atoms with Gasteiger partial charge in [0.2, 0.25) is 5.76 Å². The van der Waals surface area contributed by atoms with Gasteiger partial charge in [-0.05, 0) is 31.2 Å². The highest BCUT2D eigenvalue weighted by molar-refractivity contribution is 7.99. The van der Waals surface area contributed by atoms with Gasteiger partial charge >= 0.3 is 5.97 Å². The molecule has 18 heavy (non-hydrogen) atoms. The molecule has 0 amide bonds. The van der Waals surface area contributed by atoms with Crippen molar-refractivity contribution in [1.29, 1.82) is 0 Å². The van der Waals surface area contributed by atoms with Crippen LogP contribution >= 0.6 is 11.8 Å². The van der Waals surface area contributed by atoms with Gasteiger partial charge in [-0.2, -0.15) is 0 Å². The van der Waals surface area contributed by atoms with E-state index in [0.717, 1.165) is 4.90 Å². The van der Waals surface area contributed by atoms with Crippen molar-refractivity contribution in [3.8, 4) is 5.75 Å². The summed E-state index contributed by atoms with van der Waals surface area (Å²) >= 11 is 1.41. The van der Waals surface area contributed by atoms with Crippen LogP contribution in [0.2, 0.25) is 0 Å². The number of carboxylic acids is 1. The molecule has 2 N–H and O–H groups in total. The Balaban J connectivity index is 2.14. The molecule has 0 saturated carbocycles. The van der Waals surface area contributed by atoms with Crippen LogP contribution in [-0.4, -0.2) is 16.2 Å². The smallest absolute Gasteiger partial charge is 0.371 e. The Kier molecular flexibility index (Phi) is 3.62. The maximum Gasteiger partial charge on any atom is 0.371 e. The van der Waals surface area contributed by atoms with Crippen LogP contribution in [0.1, 0.15) is 28.5 Å². The summed E-state index contributed by atoms with van der Waals surface area (Å²) in [5, 5.41) is 18.4. The number of phenols is 1. The van der Waals surface area contributed by atoms with Crippen LogP contribution in [0.3, 0.4) is 0 Å². The SMILES string of the molecule is CC(Sc1ccccc1O)c1ccc(C(=O)O)o1. The van der Waals surface area contributed by atoms with Gasteiger partial charge in [0.05, 0.1) is 5.25 Å². The summed E-state index contributed by atoms with van der Waals surface area (Å²) in [6.45, 7) is 1.89. The fourth-order valence-corrected chi connectivity index (χ4v) is 2.46. The summed E-state index contributed by atoms with van der Waals surface area (Å²) in [6, 6.07) is 10.1. The third-order valence-corrected chi connectivity index (χ3v) is 3.59. The zero-order valence-electron chi connectivity index (χ0n) is 9.66. The standard InChI is InChI=1S/C13H12O4S/c1-8(10-6-7-11(17-10)13(15)16)18-12-5-3-2-4-9(12)14/h2-8,14H,1H3,(H,15,16). The van der Waals surface area contributed by atoms with Crippen LogP contribution in [-0.2, 0) is 0 Å². The van der Waals surface area contributed by atoms with E-state index >= 15 is 0 Å². The normalized spacial score (nSPS) is 12.3. The highest BCUT2D eigenvalue weighted by Gasteiger charge is 2.16. The van der Waals surface area contributed by atoms with Gasteiger partial charge in [0.1, 0.15) is 11.5 Å². The molecule has 1 aromatic heterocycles. The first kappa shape index (κ1) is 12.6. The second-order valence-electron chi connectivity index (χ2n) is 3.73. The Morgan fingerprint density at radius 3 is 2.61 bits per heavy atom. The van der Waals surface area contributed by atoms with Crippen LogP contribution in [0, 0.1) is 0 Å². The summed E-state index contributed by atoms with van der Waals surface area (Å²) in [5.41, 5.74) is 0. The van der Waals surface area contributed by atoms with Crippen molar-refractivity contribution in [1.82, 2.24) is 0 Å². The lowest BCUT2D eigenvalue weighted by molar-refractivity contribution is 0.0660. The van der Waals surface area contributed by atoms with Crippen LogP contribution in [0.15, 0.2) is 45.7 Å². The molecule has 5 heteroatoms. The molecule has 1 unspecified atom stereocenters. The summed E-state index contributed by atoms with van der Waals surface area (Å²) < 4.78 is 5.22. The Bertz CT molecular complexity index is 562. The monoisotopic (exact) mass is 264 g/mol. The highest BCUT2D eigenvalue weighted by Crippen LogP contribution is 2.39. The predicted octanol–water partition coefficient (Wildman–Crippen LogP) is 3.54. The van der Waals surface area contributed by atoms with Crippen molar-refractivity contribution in [2.45, 2.75) is 17.1 Å².